The molecule has 2 N–H and O–H groups in total. The minimum Gasteiger partial charge on any atom is -0.512 e. The van der Waals surface area contributed by atoms with E-state index in [0.717, 1.165) is 10.9 Å². The third-order valence-corrected chi connectivity index (χ3v) is 4.40. The van der Waals surface area contributed by atoms with Crippen molar-refractivity contribution >= 4 is 33.8 Å². The van der Waals surface area contributed by atoms with Crippen molar-refractivity contribution in [2.75, 3.05) is 0 Å². The summed E-state index contributed by atoms with van der Waals surface area (Å²) in [6.45, 7) is 1.51. The molecule has 3 aromatic rings. The summed E-state index contributed by atoms with van der Waals surface area (Å²) in [6.07, 6.45) is 1.20. The number of hydrogen-bond acceptors (Lipinski definition) is 5. The summed E-state index contributed by atoms with van der Waals surface area (Å²) in [4.78, 5) is 23.5. The minimum atomic E-state index is -0.940. The van der Waals surface area contributed by atoms with E-state index >= 15 is 0 Å². The third-order valence-electron chi connectivity index (χ3n) is 4.40. The van der Waals surface area contributed by atoms with E-state index in [1.165, 1.54) is 19.1 Å². The second kappa shape index (κ2) is 5.91. The molecule has 1 aliphatic heterocycles. The Hall–Kier alpha value is -3.28. The van der Waals surface area contributed by atoms with Gasteiger partial charge in [0.2, 0.25) is 0 Å². The van der Waals surface area contributed by atoms with Gasteiger partial charge in [-0.3, -0.25) is 9.59 Å². The predicted octanol–water partition coefficient (Wildman–Crippen LogP) is 3.64. The summed E-state index contributed by atoms with van der Waals surface area (Å²) in [7, 11) is 0. The first-order valence-electron chi connectivity index (χ1n) is 8.20. The molecule has 4 rings (SSSR count). The quantitative estimate of drug-likeness (QED) is 0.552. The number of hydrogen-bond donors (Lipinski definition) is 2. The van der Waals surface area contributed by atoms with Crippen molar-refractivity contribution in [2.45, 2.75) is 25.9 Å². The summed E-state index contributed by atoms with van der Waals surface area (Å²) >= 11 is 0. The number of aliphatic hydroxyl groups is 1. The first-order chi connectivity index (χ1) is 12.4. The molecule has 0 amide bonds. The van der Waals surface area contributed by atoms with Gasteiger partial charge in [-0.15, -0.1) is 0 Å². The molecular weight excluding hydrogens is 336 g/mol. The van der Waals surface area contributed by atoms with Gasteiger partial charge in [0.15, 0.2) is 5.43 Å². The lowest BCUT2D eigenvalue weighted by atomic mass is 9.94. The smallest absolute Gasteiger partial charge is 0.307 e. The predicted molar refractivity (Wildman–Crippen MR) is 96.6 cm³/mol. The van der Waals surface area contributed by atoms with Crippen molar-refractivity contribution in [3.8, 4) is 5.75 Å². The molecule has 1 atom stereocenters. The topological polar surface area (TPSA) is 97.0 Å². The monoisotopic (exact) mass is 352 g/mol. The molecule has 1 aromatic heterocycles. The molecule has 26 heavy (non-hydrogen) atoms. The molecule has 2 aromatic carbocycles. The third kappa shape index (κ3) is 2.69. The van der Waals surface area contributed by atoms with Crippen LogP contribution in [-0.4, -0.2) is 22.3 Å². The van der Waals surface area contributed by atoms with Crippen LogP contribution in [0.2, 0.25) is 0 Å². The summed E-state index contributed by atoms with van der Waals surface area (Å²) in [6, 6.07) is 8.47. The number of ether oxygens (including phenoxy) is 1. The lowest BCUT2D eigenvalue weighted by molar-refractivity contribution is -0.138. The minimum absolute atomic E-state index is 0.0426. The fourth-order valence-corrected chi connectivity index (χ4v) is 3.47. The van der Waals surface area contributed by atoms with E-state index in [0.29, 0.717) is 34.3 Å². The highest BCUT2D eigenvalue weighted by atomic mass is 16.5. The molecule has 132 valence electrons. The lowest BCUT2D eigenvalue weighted by Gasteiger charge is -2.26. The van der Waals surface area contributed by atoms with E-state index in [9.17, 15) is 14.7 Å². The van der Waals surface area contributed by atoms with Crippen LogP contribution in [0.25, 0.3) is 27.8 Å². The molecule has 0 spiro atoms. The number of fused-ring (bicyclic) bond motifs is 2. The molecule has 0 fully saturated rings. The van der Waals surface area contributed by atoms with Gasteiger partial charge < -0.3 is 19.4 Å². The Morgan fingerprint density at radius 2 is 2.08 bits per heavy atom. The maximum atomic E-state index is 12.4. The Morgan fingerprint density at radius 1 is 1.27 bits per heavy atom. The van der Waals surface area contributed by atoms with Crippen LogP contribution in [0, 0.1) is 0 Å². The summed E-state index contributed by atoms with van der Waals surface area (Å²) in [5, 5.41) is 20.5. The van der Waals surface area contributed by atoms with Crippen molar-refractivity contribution in [3.05, 3.63) is 57.6 Å². The van der Waals surface area contributed by atoms with Crippen molar-refractivity contribution in [1.29, 1.82) is 0 Å². The molecule has 6 nitrogen and oxygen atoms in total. The average Bonchev–Trinajstić information content (AvgIpc) is 2.53. The molecule has 0 unspecified atom stereocenters. The van der Waals surface area contributed by atoms with Gasteiger partial charge in [0.05, 0.1) is 23.0 Å². The van der Waals surface area contributed by atoms with Crippen molar-refractivity contribution in [2.24, 2.45) is 0 Å². The summed E-state index contributed by atoms with van der Waals surface area (Å²) in [5.41, 5.74) is 1.10. The zero-order valence-electron chi connectivity index (χ0n) is 14.0. The van der Waals surface area contributed by atoms with Gasteiger partial charge in [0, 0.05) is 18.6 Å². The van der Waals surface area contributed by atoms with Crippen LogP contribution in [0.3, 0.4) is 0 Å². The maximum absolute atomic E-state index is 12.4. The largest absolute Gasteiger partial charge is 0.512 e. The van der Waals surface area contributed by atoms with Crippen LogP contribution < -0.4 is 10.2 Å². The number of carboxylic acids is 1. The molecular formula is C20H16O6. The van der Waals surface area contributed by atoms with Crippen molar-refractivity contribution < 1.29 is 24.2 Å². The van der Waals surface area contributed by atoms with E-state index in [2.05, 4.69) is 0 Å². The van der Waals surface area contributed by atoms with E-state index < -0.39 is 12.1 Å². The van der Waals surface area contributed by atoms with Crippen molar-refractivity contribution in [3.63, 3.8) is 0 Å². The van der Waals surface area contributed by atoms with Crippen LogP contribution in [0.4, 0.5) is 0 Å². The Labute approximate surface area is 147 Å². The standard InChI is InChI=1S/C20H16O6/c1-10(21)5-13-8-16-19-12(7-14(25-16)9-17(23)24)6-11-3-2-4-15(22)18(11)20(19)26-13/h2-6,8,14,21H,7,9H2,1H3,(H,23,24)/b10-5-/t14-/m0/s1. The first-order valence-corrected chi connectivity index (χ1v) is 8.20. The number of aliphatic hydroxyl groups excluding tert-OH is 1. The number of allylic oxidation sites excluding steroid dienone is 1. The molecule has 0 saturated carbocycles. The fraction of sp³-hybridized carbons (Fsp3) is 0.200. The Balaban J connectivity index is 2.07. The maximum Gasteiger partial charge on any atom is 0.307 e. The molecule has 0 radical (unpaired) electrons. The SMILES string of the molecule is C/C(O)=C/c1cc2c3c(cc4cccc(=O)c4c3o1)C[C@@H](CC(=O)O)O2. The average molecular weight is 352 g/mol. The Bertz CT molecular complexity index is 1130. The number of carbonyl (C=O) groups is 1. The zero-order chi connectivity index (χ0) is 18.4. The van der Waals surface area contributed by atoms with Gasteiger partial charge in [0.1, 0.15) is 23.2 Å². The van der Waals surface area contributed by atoms with E-state index in [-0.39, 0.29) is 17.6 Å². The highest BCUT2D eigenvalue weighted by Gasteiger charge is 2.27. The van der Waals surface area contributed by atoms with Crippen LogP contribution in [0.5, 0.6) is 5.75 Å². The van der Waals surface area contributed by atoms with Gasteiger partial charge in [-0.25, -0.2) is 0 Å². The molecule has 0 aliphatic carbocycles. The molecule has 1 aliphatic rings. The van der Waals surface area contributed by atoms with Crippen LogP contribution in [-0.2, 0) is 11.2 Å². The van der Waals surface area contributed by atoms with Crippen molar-refractivity contribution in [1.82, 2.24) is 0 Å². The van der Waals surface area contributed by atoms with Gasteiger partial charge in [-0.2, -0.15) is 0 Å². The van der Waals surface area contributed by atoms with Crippen LogP contribution >= 0.6 is 0 Å². The molecule has 6 heteroatoms. The number of benzene rings is 2. The number of aliphatic carboxylic acids is 1. The zero-order valence-corrected chi connectivity index (χ0v) is 14.0. The fourth-order valence-electron chi connectivity index (χ4n) is 3.47. The van der Waals surface area contributed by atoms with Crippen LogP contribution in [0.15, 0.2) is 45.3 Å². The summed E-state index contributed by atoms with van der Waals surface area (Å²) in [5.74, 6) is -0.119. The second-order valence-corrected chi connectivity index (χ2v) is 6.43. The van der Waals surface area contributed by atoms with E-state index in [1.54, 1.807) is 12.1 Å². The van der Waals surface area contributed by atoms with E-state index in [1.807, 2.05) is 12.1 Å². The second-order valence-electron chi connectivity index (χ2n) is 6.43. The van der Waals surface area contributed by atoms with Gasteiger partial charge in [-0.1, -0.05) is 12.1 Å². The molecule has 0 saturated heterocycles. The number of carboxylic acid groups (broad SMARTS) is 1. The highest BCUT2D eigenvalue weighted by molar-refractivity contribution is 6.08. The number of rotatable bonds is 3. The molecule has 0 bridgehead atoms. The van der Waals surface area contributed by atoms with Gasteiger partial charge in [0.25, 0.3) is 0 Å². The van der Waals surface area contributed by atoms with Crippen LogP contribution in [0.1, 0.15) is 24.7 Å². The Morgan fingerprint density at radius 3 is 2.81 bits per heavy atom. The summed E-state index contributed by atoms with van der Waals surface area (Å²) < 4.78 is 11.8. The molecule has 2 heterocycles. The normalized spacial score (nSPS) is 16.7. The van der Waals surface area contributed by atoms with Gasteiger partial charge >= 0.3 is 5.97 Å². The Kier molecular flexibility index (Phi) is 3.68. The highest BCUT2D eigenvalue weighted by Crippen LogP contribution is 2.40. The first kappa shape index (κ1) is 16.2. The lowest BCUT2D eigenvalue weighted by Crippen LogP contribution is -2.26. The van der Waals surface area contributed by atoms with E-state index in [4.69, 9.17) is 14.3 Å². The van der Waals surface area contributed by atoms with Gasteiger partial charge in [-0.05, 0) is 30.0 Å².